The van der Waals surface area contributed by atoms with Crippen LogP contribution < -0.4 is 0 Å². The van der Waals surface area contributed by atoms with Crippen LogP contribution in [0.1, 0.15) is 72.2 Å². The van der Waals surface area contributed by atoms with Gasteiger partial charge in [-0.3, -0.25) is 4.98 Å². The largest absolute Gasteiger partial charge is 0.455 e. The number of hydrogen-bond donors (Lipinski definition) is 0. The van der Waals surface area contributed by atoms with Crippen LogP contribution in [0.25, 0.3) is 94.1 Å². The smallest absolute Gasteiger partial charge is 0.143 e. The summed E-state index contributed by atoms with van der Waals surface area (Å²) < 4.78 is 337. The molecule has 0 aliphatic heterocycles. The van der Waals surface area contributed by atoms with E-state index in [1.165, 1.54) is 0 Å². The summed E-state index contributed by atoms with van der Waals surface area (Å²) in [4.78, 5) is 8.48. The number of hydrogen-bond acceptors (Lipinski definition) is 3. The lowest BCUT2D eigenvalue weighted by atomic mass is 9.73. The summed E-state index contributed by atoms with van der Waals surface area (Å²) in [5.74, 6) is -6.19. The zero-order chi connectivity index (χ0) is 71.6. The van der Waals surface area contributed by atoms with Gasteiger partial charge in [0.2, 0.25) is 0 Å². The maximum Gasteiger partial charge on any atom is 0.143 e. The number of rotatable bonds is 6. The van der Waals surface area contributed by atoms with E-state index in [1.807, 2.05) is 0 Å². The van der Waals surface area contributed by atoms with Crippen LogP contribution in [0.2, 0.25) is 0 Å². The van der Waals surface area contributed by atoms with Gasteiger partial charge in [0.05, 0.1) is 66.1 Å². The van der Waals surface area contributed by atoms with Crippen molar-refractivity contribution >= 4 is 38.2 Å². The van der Waals surface area contributed by atoms with Crippen molar-refractivity contribution in [2.24, 2.45) is 5.92 Å². The van der Waals surface area contributed by atoms with Gasteiger partial charge in [-0.05, 0) is 62.3 Å². The molecule has 2 unspecified atom stereocenters. The Balaban J connectivity index is 1.31. The fourth-order valence-electron chi connectivity index (χ4n) is 7.24. The van der Waals surface area contributed by atoms with E-state index in [0.717, 1.165) is 0 Å². The quantitative estimate of drug-likeness (QED) is 0.157. The van der Waals surface area contributed by atoms with E-state index < -0.39 is 341 Å². The van der Waals surface area contributed by atoms with Gasteiger partial charge >= 0.3 is 0 Å². The zero-order valence-electron chi connectivity index (χ0n) is 66.5. The molecule has 0 N–H and O–H groups in total. The van der Waals surface area contributed by atoms with E-state index >= 15 is 0 Å². The van der Waals surface area contributed by atoms with E-state index in [0.29, 0.717) is 0 Å². The SMILES string of the molecule is [2H]C1=C([2H])C2C([2H])=C(c3oc(-c4c([2H])c([2H])c([2H])c(-c5c([2H])c([2H])c(-c6nc7c(c([2H])c6[2H])c([2H])c([2H])c6c([2H])c([2H])c([2H])nc67)c6c([2H])c([2H])c([2H])c([2H])c56)c4[2H])c(-c4c([2H])c([2H])c([2H])c([2H])c4[2H])c3-c3c([2H])c([2H])c([2H])c([2H])c3[2H])c3c([2H])c([2H])c([2H])c([2H])c3C2C([2H])=C1[2H]. The van der Waals surface area contributed by atoms with Gasteiger partial charge in [0, 0.05) is 56.6 Å². The Bertz CT molecular complexity index is 5500. The summed E-state index contributed by atoms with van der Waals surface area (Å²) in [6, 6.07) is -37.1. The first kappa shape index (κ1) is 14.4. The lowest BCUT2D eigenvalue weighted by Crippen LogP contribution is -2.16. The maximum atomic E-state index is 10.3. The first-order chi connectivity index (χ1) is 45.2. The molecule has 61 heavy (non-hydrogen) atoms. The second-order valence-electron chi connectivity index (χ2n) is 13.2. The highest BCUT2D eigenvalue weighted by molar-refractivity contribution is 6.08. The van der Waals surface area contributed by atoms with Crippen LogP contribution in [0.15, 0.2) is 222 Å². The van der Waals surface area contributed by atoms with Gasteiger partial charge in [-0.25, -0.2) is 4.98 Å². The Morgan fingerprint density at radius 3 is 1.93 bits per heavy atom. The van der Waals surface area contributed by atoms with Gasteiger partial charge < -0.3 is 4.42 Å². The lowest BCUT2D eigenvalue weighted by molar-refractivity contribution is 0.566. The topological polar surface area (TPSA) is 38.9 Å². The van der Waals surface area contributed by atoms with Crippen LogP contribution in [0.4, 0.5) is 0 Å². The van der Waals surface area contributed by atoms with Crippen molar-refractivity contribution in [1.82, 2.24) is 9.97 Å². The van der Waals surface area contributed by atoms with Crippen LogP contribution in [0.5, 0.6) is 0 Å². The average Bonchev–Trinajstić information content (AvgIpc) is 1.69. The van der Waals surface area contributed by atoms with Crippen LogP contribution in [-0.4, -0.2) is 9.97 Å². The summed E-state index contributed by atoms with van der Waals surface area (Å²) in [6.45, 7) is 0. The molecule has 3 nitrogen and oxygen atoms in total. The molecule has 0 amide bonds. The molecule has 0 saturated heterocycles. The summed E-state index contributed by atoms with van der Waals surface area (Å²) in [5.41, 5.74) is -12.7. The fourth-order valence-corrected chi connectivity index (χ4v) is 7.24. The van der Waals surface area contributed by atoms with E-state index in [2.05, 4.69) is 9.97 Å². The van der Waals surface area contributed by atoms with Crippen LogP contribution in [0.3, 0.4) is 0 Å². The van der Waals surface area contributed by atoms with Gasteiger partial charge in [-0.1, -0.05) is 193 Å². The molecule has 3 heterocycles. The number of aromatic nitrogens is 2. The lowest BCUT2D eigenvalue weighted by Gasteiger charge is -2.30. The van der Waals surface area contributed by atoms with E-state index in [4.69, 9.17) is 29.1 Å². The first-order valence-corrected chi connectivity index (χ1v) is 18.0. The van der Waals surface area contributed by atoms with E-state index in [1.54, 1.807) is 0 Å². The van der Waals surface area contributed by atoms with Crippen molar-refractivity contribution < 1.29 is 53.8 Å². The van der Waals surface area contributed by atoms with Crippen molar-refractivity contribution in [3.05, 3.63) is 235 Å². The zero-order valence-corrected chi connectivity index (χ0v) is 30.5. The van der Waals surface area contributed by atoms with Crippen molar-refractivity contribution in [2.75, 3.05) is 0 Å². The fraction of sp³-hybridized carbons (Fsp3) is 0.0345. The molecule has 2 aliphatic carbocycles. The highest BCUT2D eigenvalue weighted by Crippen LogP contribution is 2.52. The molecule has 0 spiro atoms. The third-order valence-corrected chi connectivity index (χ3v) is 9.85. The third-order valence-electron chi connectivity index (χ3n) is 9.85. The minimum absolute atomic E-state index is 0.510. The molecule has 0 bridgehead atoms. The van der Waals surface area contributed by atoms with E-state index in [-0.39, 0.29) is 0 Å². The Morgan fingerprint density at radius 1 is 0.475 bits per heavy atom. The molecule has 3 heteroatoms. The molecule has 12 rings (SSSR count). The van der Waals surface area contributed by atoms with Crippen LogP contribution >= 0.6 is 0 Å². The predicted molar refractivity (Wildman–Crippen MR) is 252 cm³/mol. The second kappa shape index (κ2) is 14.4. The summed E-state index contributed by atoms with van der Waals surface area (Å²) in [7, 11) is 0. The highest BCUT2D eigenvalue weighted by Gasteiger charge is 2.33. The Kier molecular flexibility index (Phi) is 3.41. The van der Waals surface area contributed by atoms with Crippen LogP contribution in [-0.2, 0) is 0 Å². The van der Waals surface area contributed by atoms with Gasteiger partial charge in [0.15, 0.2) is 0 Å². The molecule has 0 saturated carbocycles. The average molecular weight is 815 g/mol. The monoisotopic (exact) mass is 815 g/mol. The number of nitrogens with zero attached hydrogens (tertiary/aromatic N) is 2. The molecular weight excluding hydrogens is 741 g/mol. The van der Waals surface area contributed by atoms with Gasteiger partial charge in [0.1, 0.15) is 11.5 Å². The number of allylic oxidation sites excluding steroid dienone is 5. The normalized spacial score (nSPS) is 24.6. The molecule has 286 valence electrons. The Morgan fingerprint density at radius 2 is 1.11 bits per heavy atom. The maximum absolute atomic E-state index is 10.3. The number of fused-ring (bicyclic) bond motifs is 7. The standard InChI is InChI=1S/C58H38N2O/c1-3-15-37(16-4-1)53-54(38-17-5-2-6-18-38)58(51-36-42-19-7-8-23-44(42)46-24-10-12-27-49(46)51)61-57(53)43-21-13-20-41(35-43)45-31-32-50(48-26-11-9-25-47(45)48)52-33-30-40-29-28-39-22-14-34-59-55(39)56(40)60-52/h1-36,42,44H/i1D,2D,3D,4D,5D,6D,7D,8D,9D,10D,11D,12D,13D,14D,15D,16D,17D,18D,19D,20D,21D,22D,23D,24D,25D,26D,27D,28D,29D,30D,31D,32D,33D,34D,35D,36D. The number of furan rings is 1. The highest BCUT2D eigenvalue weighted by atomic mass is 16.3. The predicted octanol–water partition coefficient (Wildman–Crippen LogP) is 15.1. The molecule has 2 atom stereocenters. The van der Waals surface area contributed by atoms with E-state index in [9.17, 15) is 24.7 Å². The molecule has 0 radical (unpaired) electrons. The molecule has 2 aliphatic rings. The minimum atomic E-state index is -2.00. The van der Waals surface area contributed by atoms with Gasteiger partial charge in [0.25, 0.3) is 0 Å². The molecule has 3 aromatic heterocycles. The van der Waals surface area contributed by atoms with Crippen molar-refractivity contribution in [2.45, 2.75) is 5.92 Å². The minimum Gasteiger partial charge on any atom is -0.455 e. The van der Waals surface area contributed by atoms with Gasteiger partial charge in [-0.2, -0.15) is 0 Å². The van der Waals surface area contributed by atoms with Crippen molar-refractivity contribution in [1.29, 1.82) is 0 Å². The molecule has 10 aromatic rings. The molecule has 7 aromatic carbocycles. The summed E-state index contributed by atoms with van der Waals surface area (Å²) in [5, 5.41) is -2.82. The van der Waals surface area contributed by atoms with Crippen molar-refractivity contribution in [3.63, 3.8) is 0 Å². The number of pyridine rings is 2. The third kappa shape index (κ3) is 5.89. The molecule has 0 fully saturated rings. The summed E-state index contributed by atoms with van der Waals surface area (Å²) in [6.07, 6.45) is -0.834. The number of benzene rings is 7. The van der Waals surface area contributed by atoms with Gasteiger partial charge in [-0.15, -0.1) is 0 Å². The molecular formula is C58H38N2O. The Labute approximate surface area is 404 Å². The van der Waals surface area contributed by atoms with Crippen molar-refractivity contribution in [3.8, 4) is 56.0 Å². The summed E-state index contributed by atoms with van der Waals surface area (Å²) >= 11 is 0. The Hall–Kier alpha value is -7.88. The first-order valence-electron chi connectivity index (χ1n) is 36.0. The van der Waals surface area contributed by atoms with Crippen LogP contribution in [0, 0.1) is 5.92 Å². The second-order valence-corrected chi connectivity index (χ2v) is 13.2.